The Hall–Kier alpha value is -2.66. The average molecular weight is 351 g/mol. The van der Waals surface area contributed by atoms with E-state index in [0.29, 0.717) is 5.39 Å². The SMILES string of the molecule is CCCN[C@@H](CC)c1nc2ccccc2c(=O)n1-c1ccc(OC)cc1. The molecular weight excluding hydrogens is 326 g/mol. The molecule has 0 saturated carbocycles. The average Bonchev–Trinajstić information content (AvgIpc) is 2.69. The summed E-state index contributed by atoms with van der Waals surface area (Å²) in [7, 11) is 1.63. The largest absolute Gasteiger partial charge is 0.497 e. The molecule has 0 radical (unpaired) electrons. The van der Waals surface area contributed by atoms with E-state index in [9.17, 15) is 4.79 Å². The van der Waals surface area contributed by atoms with Crippen LogP contribution in [-0.2, 0) is 0 Å². The van der Waals surface area contributed by atoms with Crippen molar-refractivity contribution in [1.82, 2.24) is 14.9 Å². The molecular formula is C21H25N3O2. The molecule has 2 aromatic carbocycles. The Morgan fingerprint density at radius 2 is 1.85 bits per heavy atom. The molecule has 1 aromatic heterocycles. The highest BCUT2D eigenvalue weighted by Crippen LogP contribution is 2.22. The van der Waals surface area contributed by atoms with Crippen molar-refractivity contribution in [3.63, 3.8) is 0 Å². The maximum absolute atomic E-state index is 13.3. The molecule has 5 nitrogen and oxygen atoms in total. The third kappa shape index (κ3) is 3.48. The van der Waals surface area contributed by atoms with E-state index in [1.165, 1.54) is 0 Å². The third-order valence-corrected chi connectivity index (χ3v) is 4.49. The fourth-order valence-corrected chi connectivity index (χ4v) is 3.10. The van der Waals surface area contributed by atoms with Crippen LogP contribution in [0.5, 0.6) is 5.75 Å². The molecule has 0 saturated heterocycles. The molecule has 0 aliphatic rings. The molecule has 0 spiro atoms. The fraction of sp³-hybridized carbons (Fsp3) is 0.333. The van der Waals surface area contributed by atoms with Gasteiger partial charge in [0.25, 0.3) is 5.56 Å². The van der Waals surface area contributed by atoms with Crippen LogP contribution in [0, 0.1) is 0 Å². The summed E-state index contributed by atoms with van der Waals surface area (Å²) in [4.78, 5) is 18.1. The van der Waals surface area contributed by atoms with Crippen LogP contribution in [0.4, 0.5) is 0 Å². The number of fused-ring (bicyclic) bond motifs is 1. The minimum Gasteiger partial charge on any atom is -0.497 e. The van der Waals surface area contributed by atoms with Gasteiger partial charge in [-0.25, -0.2) is 4.98 Å². The van der Waals surface area contributed by atoms with E-state index >= 15 is 0 Å². The van der Waals surface area contributed by atoms with Gasteiger partial charge in [0.2, 0.25) is 0 Å². The summed E-state index contributed by atoms with van der Waals surface area (Å²) in [6, 6.07) is 15.0. The van der Waals surface area contributed by atoms with Crippen molar-refractivity contribution in [3.8, 4) is 11.4 Å². The lowest BCUT2D eigenvalue weighted by molar-refractivity contribution is 0.414. The third-order valence-electron chi connectivity index (χ3n) is 4.49. The van der Waals surface area contributed by atoms with E-state index in [4.69, 9.17) is 9.72 Å². The number of para-hydroxylation sites is 1. The Kier molecular flexibility index (Phi) is 5.68. The van der Waals surface area contributed by atoms with Gasteiger partial charge >= 0.3 is 0 Å². The first-order chi connectivity index (χ1) is 12.7. The number of aromatic nitrogens is 2. The first kappa shape index (κ1) is 18.1. The molecule has 0 fully saturated rings. The van der Waals surface area contributed by atoms with E-state index in [2.05, 4.69) is 19.2 Å². The van der Waals surface area contributed by atoms with Crippen molar-refractivity contribution in [3.05, 3.63) is 64.7 Å². The number of ether oxygens (including phenoxy) is 1. The normalized spacial score (nSPS) is 12.3. The van der Waals surface area contributed by atoms with Gasteiger partial charge in [-0.15, -0.1) is 0 Å². The second-order valence-corrected chi connectivity index (χ2v) is 6.24. The van der Waals surface area contributed by atoms with E-state index < -0.39 is 0 Å². The number of nitrogens with zero attached hydrogens (tertiary/aromatic N) is 2. The molecule has 3 rings (SSSR count). The Balaban J connectivity index is 2.24. The Labute approximate surface area is 153 Å². The summed E-state index contributed by atoms with van der Waals surface area (Å²) in [5, 5.41) is 4.14. The molecule has 0 aliphatic heterocycles. The van der Waals surface area contributed by atoms with Crippen LogP contribution in [-0.4, -0.2) is 23.2 Å². The lowest BCUT2D eigenvalue weighted by atomic mass is 10.1. The van der Waals surface area contributed by atoms with Crippen molar-refractivity contribution < 1.29 is 4.74 Å². The van der Waals surface area contributed by atoms with Gasteiger partial charge < -0.3 is 10.1 Å². The van der Waals surface area contributed by atoms with Crippen molar-refractivity contribution >= 4 is 10.9 Å². The van der Waals surface area contributed by atoms with Gasteiger partial charge in [-0.05, 0) is 55.8 Å². The monoisotopic (exact) mass is 351 g/mol. The maximum Gasteiger partial charge on any atom is 0.266 e. The second kappa shape index (κ2) is 8.15. The Morgan fingerprint density at radius 1 is 1.12 bits per heavy atom. The van der Waals surface area contributed by atoms with Gasteiger partial charge in [-0.2, -0.15) is 0 Å². The highest BCUT2D eigenvalue weighted by atomic mass is 16.5. The molecule has 0 bridgehead atoms. The summed E-state index contributed by atoms with van der Waals surface area (Å²) in [6.07, 6.45) is 1.87. The lowest BCUT2D eigenvalue weighted by Gasteiger charge is -2.21. The molecule has 3 aromatic rings. The van der Waals surface area contributed by atoms with Crippen molar-refractivity contribution in [2.45, 2.75) is 32.7 Å². The minimum atomic E-state index is -0.0486. The number of nitrogens with one attached hydrogen (secondary N) is 1. The van der Waals surface area contributed by atoms with Crippen molar-refractivity contribution in [2.24, 2.45) is 0 Å². The van der Waals surface area contributed by atoms with Crippen LogP contribution in [0.1, 0.15) is 38.6 Å². The predicted molar refractivity (Wildman–Crippen MR) is 105 cm³/mol. The fourth-order valence-electron chi connectivity index (χ4n) is 3.10. The van der Waals surface area contributed by atoms with Crippen molar-refractivity contribution in [2.75, 3.05) is 13.7 Å². The molecule has 1 atom stereocenters. The van der Waals surface area contributed by atoms with Crippen LogP contribution >= 0.6 is 0 Å². The molecule has 5 heteroatoms. The quantitative estimate of drug-likeness (QED) is 0.702. The molecule has 1 N–H and O–H groups in total. The van der Waals surface area contributed by atoms with Gasteiger partial charge in [-0.3, -0.25) is 9.36 Å². The van der Waals surface area contributed by atoms with Crippen LogP contribution in [0.2, 0.25) is 0 Å². The first-order valence-electron chi connectivity index (χ1n) is 9.09. The van der Waals surface area contributed by atoms with Crippen LogP contribution in [0.3, 0.4) is 0 Å². The number of rotatable bonds is 7. The standard InChI is InChI=1S/C21H25N3O2/c1-4-14-22-18(5-2)20-23-19-9-7-6-8-17(19)21(25)24(20)15-10-12-16(26-3)13-11-15/h6-13,18,22H,4-5,14H2,1-3H3/t18-/m0/s1. The summed E-state index contributed by atoms with van der Waals surface area (Å²) in [6.45, 7) is 5.11. The zero-order valence-electron chi connectivity index (χ0n) is 15.5. The number of methoxy groups -OCH3 is 1. The molecule has 26 heavy (non-hydrogen) atoms. The van der Waals surface area contributed by atoms with E-state index in [0.717, 1.165) is 42.2 Å². The van der Waals surface area contributed by atoms with Gasteiger partial charge in [0.05, 0.1) is 29.7 Å². The van der Waals surface area contributed by atoms with Gasteiger partial charge in [0.15, 0.2) is 0 Å². The molecule has 0 aliphatic carbocycles. The molecule has 1 heterocycles. The second-order valence-electron chi connectivity index (χ2n) is 6.24. The maximum atomic E-state index is 13.3. The van der Waals surface area contributed by atoms with Gasteiger partial charge in [0.1, 0.15) is 11.6 Å². The first-order valence-corrected chi connectivity index (χ1v) is 9.09. The highest BCUT2D eigenvalue weighted by molar-refractivity contribution is 5.77. The summed E-state index contributed by atoms with van der Waals surface area (Å²) < 4.78 is 6.96. The lowest BCUT2D eigenvalue weighted by Crippen LogP contribution is -2.31. The molecule has 0 unspecified atom stereocenters. The highest BCUT2D eigenvalue weighted by Gasteiger charge is 2.19. The van der Waals surface area contributed by atoms with Crippen molar-refractivity contribution in [1.29, 1.82) is 0 Å². The smallest absolute Gasteiger partial charge is 0.266 e. The predicted octanol–water partition coefficient (Wildman–Crippen LogP) is 3.85. The van der Waals surface area contributed by atoms with Gasteiger partial charge in [-0.1, -0.05) is 26.0 Å². The number of benzene rings is 2. The summed E-state index contributed by atoms with van der Waals surface area (Å²) in [5.74, 6) is 1.50. The van der Waals surface area contributed by atoms with Crippen LogP contribution < -0.4 is 15.6 Å². The van der Waals surface area contributed by atoms with Crippen LogP contribution in [0.15, 0.2) is 53.3 Å². The van der Waals surface area contributed by atoms with E-state index in [1.54, 1.807) is 11.7 Å². The summed E-state index contributed by atoms with van der Waals surface area (Å²) in [5.41, 5.74) is 1.47. The van der Waals surface area contributed by atoms with Crippen LogP contribution in [0.25, 0.3) is 16.6 Å². The number of hydrogen-bond acceptors (Lipinski definition) is 4. The Bertz CT molecular complexity index is 932. The molecule has 0 amide bonds. The van der Waals surface area contributed by atoms with E-state index in [-0.39, 0.29) is 11.6 Å². The molecule has 136 valence electrons. The zero-order chi connectivity index (χ0) is 18.5. The van der Waals surface area contributed by atoms with Gasteiger partial charge in [0, 0.05) is 0 Å². The summed E-state index contributed by atoms with van der Waals surface area (Å²) >= 11 is 0. The number of hydrogen-bond donors (Lipinski definition) is 1. The zero-order valence-corrected chi connectivity index (χ0v) is 15.5. The minimum absolute atomic E-state index is 0.00866. The topological polar surface area (TPSA) is 56.2 Å². The Morgan fingerprint density at radius 3 is 2.50 bits per heavy atom. The van der Waals surface area contributed by atoms with E-state index in [1.807, 2.05) is 48.5 Å².